The molecule has 1 aliphatic heterocycles. The molecule has 1 aromatic heterocycles. The van der Waals surface area contributed by atoms with Crippen molar-refractivity contribution in [2.75, 3.05) is 45.3 Å². The molecule has 0 atom stereocenters. The van der Waals surface area contributed by atoms with Gasteiger partial charge in [-0.15, -0.1) is 0 Å². The molecule has 0 N–H and O–H groups in total. The quantitative estimate of drug-likeness (QED) is 0.407. The molecule has 4 rings (SSSR count). The van der Waals surface area contributed by atoms with Gasteiger partial charge in [0, 0.05) is 36.4 Å². The molecule has 2 heterocycles. The van der Waals surface area contributed by atoms with Gasteiger partial charge in [-0.25, -0.2) is 4.98 Å². The molecule has 0 saturated heterocycles. The number of aromatic nitrogens is 1. The van der Waals surface area contributed by atoms with Crippen molar-refractivity contribution in [3.63, 3.8) is 0 Å². The number of thiazole rings is 1. The Morgan fingerprint density at radius 1 is 1.13 bits per heavy atom. The van der Waals surface area contributed by atoms with Crippen LogP contribution in [-0.4, -0.2) is 61.1 Å². The lowest BCUT2D eigenvalue weighted by Gasteiger charge is -2.21. The molecule has 0 unspecified atom stereocenters. The number of non-ortho nitro benzene ring substituents is 1. The number of carbonyl (C=O) groups is 1. The normalized spacial score (nSPS) is 12.9. The van der Waals surface area contributed by atoms with E-state index in [0.717, 1.165) is 23.2 Å². The third-order valence-corrected chi connectivity index (χ3v) is 5.87. The first kappa shape index (κ1) is 21.0. The fourth-order valence-electron chi connectivity index (χ4n) is 3.28. The predicted molar refractivity (Wildman–Crippen MR) is 119 cm³/mol. The molecule has 31 heavy (non-hydrogen) atoms. The van der Waals surface area contributed by atoms with Crippen molar-refractivity contribution < 1.29 is 19.2 Å². The van der Waals surface area contributed by atoms with Crippen LogP contribution in [0.4, 0.5) is 10.8 Å². The average Bonchev–Trinajstić information content (AvgIpc) is 3.16. The van der Waals surface area contributed by atoms with Crippen molar-refractivity contribution >= 4 is 38.3 Å². The molecule has 0 bridgehead atoms. The standard InChI is InChI=1S/C21H22N4O5S/c1-23(2)8-3-9-24(20(26)14-4-6-15(7-5-14)25(27)28)21-22-16-12-17-18(13-19(16)31-21)30-11-10-29-17/h4-7,12-13H,3,8-11H2,1-2H3. The molecule has 3 aromatic rings. The van der Waals surface area contributed by atoms with Gasteiger partial charge < -0.3 is 14.4 Å². The van der Waals surface area contributed by atoms with E-state index in [1.54, 1.807) is 4.90 Å². The Morgan fingerprint density at radius 3 is 2.45 bits per heavy atom. The molecule has 0 spiro atoms. The molecule has 0 fully saturated rings. The van der Waals surface area contributed by atoms with Gasteiger partial charge in [-0.3, -0.25) is 19.8 Å². The topological polar surface area (TPSA) is 98.0 Å². The highest BCUT2D eigenvalue weighted by Gasteiger charge is 2.23. The van der Waals surface area contributed by atoms with Crippen molar-refractivity contribution in [1.29, 1.82) is 0 Å². The lowest BCUT2D eigenvalue weighted by Crippen LogP contribution is -2.33. The third-order valence-electron chi connectivity index (χ3n) is 4.83. The van der Waals surface area contributed by atoms with Crippen LogP contribution >= 0.6 is 11.3 Å². The van der Waals surface area contributed by atoms with Crippen molar-refractivity contribution in [1.82, 2.24) is 9.88 Å². The number of amides is 1. The van der Waals surface area contributed by atoms with E-state index >= 15 is 0 Å². The van der Waals surface area contributed by atoms with E-state index in [1.807, 2.05) is 26.2 Å². The number of nitro benzene ring substituents is 1. The SMILES string of the molecule is CN(C)CCCN(C(=O)c1ccc([N+](=O)[O-])cc1)c1nc2cc3c(cc2s1)OCCO3. The van der Waals surface area contributed by atoms with Gasteiger partial charge in [0.25, 0.3) is 11.6 Å². The second-order valence-corrected chi connectivity index (χ2v) is 8.39. The number of fused-ring (bicyclic) bond motifs is 2. The minimum atomic E-state index is -0.484. The van der Waals surface area contributed by atoms with Gasteiger partial charge in [-0.05, 0) is 39.2 Å². The summed E-state index contributed by atoms with van der Waals surface area (Å²) >= 11 is 1.40. The Hall–Kier alpha value is -3.24. The molecular weight excluding hydrogens is 420 g/mol. The summed E-state index contributed by atoms with van der Waals surface area (Å²) in [4.78, 5) is 32.1. The summed E-state index contributed by atoms with van der Waals surface area (Å²) < 4.78 is 12.2. The van der Waals surface area contributed by atoms with Crippen molar-refractivity contribution in [2.45, 2.75) is 6.42 Å². The minimum absolute atomic E-state index is 0.0544. The zero-order chi connectivity index (χ0) is 22.0. The smallest absolute Gasteiger partial charge is 0.269 e. The predicted octanol–water partition coefficient (Wildman–Crippen LogP) is 3.57. The van der Waals surface area contributed by atoms with Gasteiger partial charge in [-0.1, -0.05) is 11.3 Å². The maximum absolute atomic E-state index is 13.3. The fraction of sp³-hybridized carbons (Fsp3) is 0.333. The lowest BCUT2D eigenvalue weighted by atomic mass is 10.2. The number of nitro groups is 1. The zero-order valence-corrected chi connectivity index (χ0v) is 18.1. The van der Waals surface area contributed by atoms with Crippen LogP contribution in [0.3, 0.4) is 0 Å². The third kappa shape index (κ3) is 4.59. The first-order chi connectivity index (χ1) is 14.9. The Bertz CT molecular complexity index is 1070. The van der Waals surface area contributed by atoms with E-state index in [2.05, 4.69) is 9.88 Å². The number of hydrogen-bond acceptors (Lipinski definition) is 8. The van der Waals surface area contributed by atoms with Gasteiger partial charge in [0.15, 0.2) is 16.6 Å². The highest BCUT2D eigenvalue weighted by atomic mass is 32.1. The fourth-order valence-corrected chi connectivity index (χ4v) is 4.28. The van der Waals surface area contributed by atoms with E-state index < -0.39 is 4.92 Å². The highest BCUT2D eigenvalue weighted by molar-refractivity contribution is 7.22. The number of nitrogens with zero attached hydrogens (tertiary/aromatic N) is 4. The molecule has 0 aliphatic carbocycles. The monoisotopic (exact) mass is 442 g/mol. The van der Waals surface area contributed by atoms with Crippen LogP contribution in [0.15, 0.2) is 36.4 Å². The van der Waals surface area contributed by atoms with Gasteiger partial charge in [0.05, 0.1) is 15.1 Å². The first-order valence-electron chi connectivity index (χ1n) is 9.83. The Kier molecular flexibility index (Phi) is 6.01. The van der Waals surface area contributed by atoms with E-state index in [1.165, 1.54) is 35.6 Å². The van der Waals surface area contributed by atoms with Crippen molar-refractivity contribution in [3.05, 3.63) is 52.1 Å². The number of rotatable bonds is 7. The first-order valence-corrected chi connectivity index (χ1v) is 10.7. The maximum Gasteiger partial charge on any atom is 0.269 e. The van der Waals surface area contributed by atoms with E-state index in [-0.39, 0.29) is 11.6 Å². The molecule has 2 aromatic carbocycles. The van der Waals surface area contributed by atoms with Gasteiger partial charge >= 0.3 is 0 Å². The summed E-state index contributed by atoms with van der Waals surface area (Å²) in [6, 6.07) is 9.36. The van der Waals surface area contributed by atoms with Crippen LogP contribution in [0.25, 0.3) is 10.2 Å². The van der Waals surface area contributed by atoms with Gasteiger partial charge in [0.2, 0.25) is 0 Å². The molecular formula is C21H22N4O5S. The number of carbonyl (C=O) groups excluding carboxylic acids is 1. The summed E-state index contributed by atoms with van der Waals surface area (Å²) in [5, 5.41) is 11.5. The molecule has 0 radical (unpaired) electrons. The highest BCUT2D eigenvalue weighted by Crippen LogP contribution is 2.39. The van der Waals surface area contributed by atoms with Crippen LogP contribution < -0.4 is 14.4 Å². The molecule has 1 amide bonds. The average molecular weight is 442 g/mol. The molecule has 10 heteroatoms. The van der Waals surface area contributed by atoms with E-state index in [4.69, 9.17) is 9.47 Å². The minimum Gasteiger partial charge on any atom is -0.486 e. The second-order valence-electron chi connectivity index (χ2n) is 7.38. The summed E-state index contributed by atoms with van der Waals surface area (Å²) in [6.45, 7) is 2.27. The molecule has 0 saturated carbocycles. The lowest BCUT2D eigenvalue weighted by molar-refractivity contribution is -0.384. The van der Waals surface area contributed by atoms with Crippen molar-refractivity contribution in [2.24, 2.45) is 0 Å². The number of hydrogen-bond donors (Lipinski definition) is 0. The van der Waals surface area contributed by atoms with Crippen LogP contribution in [0.1, 0.15) is 16.8 Å². The molecule has 162 valence electrons. The summed E-state index contributed by atoms with van der Waals surface area (Å²) in [5.41, 5.74) is 1.06. The Morgan fingerprint density at radius 2 is 1.81 bits per heavy atom. The summed E-state index contributed by atoms with van der Waals surface area (Å²) in [6.07, 6.45) is 0.754. The maximum atomic E-state index is 13.3. The number of benzene rings is 2. The van der Waals surface area contributed by atoms with Gasteiger partial charge in [0.1, 0.15) is 13.2 Å². The summed E-state index contributed by atoms with van der Waals surface area (Å²) in [5.74, 6) is 1.08. The van der Waals surface area contributed by atoms with E-state index in [0.29, 0.717) is 42.0 Å². The Balaban J connectivity index is 1.66. The molecule has 9 nitrogen and oxygen atoms in total. The number of anilines is 1. The Labute approximate surface area is 183 Å². The van der Waals surface area contributed by atoms with Crippen LogP contribution in [0.2, 0.25) is 0 Å². The number of ether oxygens (including phenoxy) is 2. The van der Waals surface area contributed by atoms with Crippen LogP contribution in [0.5, 0.6) is 11.5 Å². The van der Waals surface area contributed by atoms with E-state index in [9.17, 15) is 14.9 Å². The molecule has 1 aliphatic rings. The zero-order valence-electron chi connectivity index (χ0n) is 17.2. The summed E-state index contributed by atoms with van der Waals surface area (Å²) in [7, 11) is 3.95. The van der Waals surface area contributed by atoms with Crippen molar-refractivity contribution in [3.8, 4) is 11.5 Å². The largest absolute Gasteiger partial charge is 0.486 e. The van der Waals surface area contributed by atoms with Crippen LogP contribution in [-0.2, 0) is 0 Å². The van der Waals surface area contributed by atoms with Crippen LogP contribution in [0, 0.1) is 10.1 Å². The van der Waals surface area contributed by atoms with Gasteiger partial charge in [-0.2, -0.15) is 0 Å². The second kappa shape index (κ2) is 8.86.